The van der Waals surface area contributed by atoms with Crippen molar-refractivity contribution in [3.05, 3.63) is 78.4 Å². The molecule has 0 saturated heterocycles. The van der Waals surface area contributed by atoms with Gasteiger partial charge in [-0.3, -0.25) is 9.59 Å². The third-order valence-electron chi connectivity index (χ3n) is 8.91. The number of anilines is 2. The number of carbonyl (C=O) groups is 3. The van der Waals surface area contributed by atoms with Gasteiger partial charge in [0.25, 0.3) is 5.91 Å². The number of ether oxygens (including phenoxy) is 1. The molecule has 12 nitrogen and oxygen atoms in total. The summed E-state index contributed by atoms with van der Waals surface area (Å²) in [6.07, 6.45) is 3.47. The van der Waals surface area contributed by atoms with Crippen LogP contribution in [0.1, 0.15) is 77.8 Å². The van der Waals surface area contributed by atoms with Crippen LogP contribution in [0.2, 0.25) is 0 Å². The molecule has 0 radical (unpaired) electrons. The molecule has 4 rings (SSSR count). The largest absolute Gasteiger partial charge is 0.483 e. The molecule has 1 aliphatic heterocycles. The molecule has 5 N–H and O–H groups in total. The van der Waals surface area contributed by atoms with Gasteiger partial charge in [0.05, 0.1) is 22.2 Å². The fourth-order valence-corrected chi connectivity index (χ4v) is 8.69. The van der Waals surface area contributed by atoms with E-state index in [1.165, 1.54) is 24.8 Å². The van der Waals surface area contributed by atoms with Crippen LogP contribution in [0.15, 0.2) is 82.6 Å². The first-order valence-corrected chi connectivity index (χ1v) is 20.2. The highest BCUT2D eigenvalue weighted by Gasteiger charge is 2.42. The number of nitrogens with zero attached hydrogens (tertiary/aromatic N) is 1. The first-order valence-electron chi connectivity index (χ1n) is 17.7. The number of unbranched alkanes of at least 4 members (excludes halogenated alkanes) is 2. The van der Waals surface area contributed by atoms with Crippen LogP contribution in [0.25, 0.3) is 0 Å². The number of thioether (sulfide) groups is 1. The smallest absolute Gasteiger partial charge is 0.328 e. The van der Waals surface area contributed by atoms with E-state index in [2.05, 4.69) is 34.1 Å². The lowest BCUT2D eigenvalue weighted by molar-refractivity contribution is -0.145. The van der Waals surface area contributed by atoms with Gasteiger partial charge in [0, 0.05) is 18.3 Å². The lowest BCUT2D eigenvalue weighted by Gasteiger charge is -2.37. The van der Waals surface area contributed by atoms with Gasteiger partial charge in [0.1, 0.15) is 16.7 Å². The average molecular weight is 755 g/mol. The van der Waals surface area contributed by atoms with Crippen molar-refractivity contribution in [3.63, 3.8) is 0 Å². The van der Waals surface area contributed by atoms with E-state index in [0.717, 1.165) is 31.4 Å². The molecule has 2 amide bonds. The van der Waals surface area contributed by atoms with Crippen LogP contribution in [-0.2, 0) is 24.4 Å². The molecular weight excluding hydrogens is 705 g/mol. The van der Waals surface area contributed by atoms with E-state index in [1.807, 2.05) is 37.3 Å². The van der Waals surface area contributed by atoms with E-state index >= 15 is 0 Å². The highest BCUT2D eigenvalue weighted by Crippen LogP contribution is 2.44. The number of carbonyl (C=O) groups excluding carboxylic acids is 2. The number of rotatable bonds is 18. The molecular formula is C38H50N4O8S2. The highest BCUT2D eigenvalue weighted by atomic mass is 32.2. The number of aliphatic hydroxyl groups excluding tert-OH is 1. The number of carboxylic acid groups (broad SMARTS) is 1. The fourth-order valence-electron chi connectivity index (χ4n) is 6.27. The van der Waals surface area contributed by atoms with Gasteiger partial charge in [0.2, 0.25) is 15.9 Å². The molecule has 0 fully saturated rings. The number of hydrogen-bond acceptors (Lipinski definition) is 9. The van der Waals surface area contributed by atoms with Crippen molar-refractivity contribution in [1.82, 2.24) is 15.4 Å². The molecule has 14 heteroatoms. The van der Waals surface area contributed by atoms with Crippen LogP contribution in [0.5, 0.6) is 5.75 Å². The normalized spacial score (nSPS) is 16.4. The molecule has 3 aromatic carbocycles. The zero-order valence-electron chi connectivity index (χ0n) is 30.1. The van der Waals surface area contributed by atoms with E-state index in [0.29, 0.717) is 41.3 Å². The standard InChI is InChI=1S/C38H50N4O8S2/c1-5-8-20-38(21-9-6-2)25-42(28-18-14-11-15-19-28)29-22-31(51-7-3)30(23-32(29)52(48,49)41-38)50-24-33(44)39-35(27-16-12-10-13-17-27)36(45)40-34(26(4)43)37(46)47/h10-19,22-23,26,34-35,41,43H,5-9,20-21,24-25H2,1-4H3,(H,39,44)(H,40,45)(H,46,47)/t26?,34?,35-/m1/s1. The lowest BCUT2D eigenvalue weighted by atomic mass is 9.87. The number of amides is 2. The predicted octanol–water partition coefficient (Wildman–Crippen LogP) is 5.53. The van der Waals surface area contributed by atoms with Crippen molar-refractivity contribution >= 4 is 50.9 Å². The van der Waals surface area contributed by atoms with E-state index in [1.54, 1.807) is 36.4 Å². The minimum atomic E-state index is -4.08. The van der Waals surface area contributed by atoms with E-state index < -0.39 is 58.1 Å². The summed E-state index contributed by atoms with van der Waals surface area (Å²) >= 11 is 1.44. The minimum absolute atomic E-state index is 0.0291. The zero-order chi connectivity index (χ0) is 37.9. The van der Waals surface area contributed by atoms with Crippen LogP contribution in [-0.4, -0.2) is 73.0 Å². The van der Waals surface area contributed by atoms with Gasteiger partial charge in [-0.2, -0.15) is 0 Å². The van der Waals surface area contributed by atoms with Crippen molar-refractivity contribution in [2.24, 2.45) is 0 Å². The minimum Gasteiger partial charge on any atom is -0.483 e. The predicted molar refractivity (Wildman–Crippen MR) is 202 cm³/mol. The number of nitrogens with one attached hydrogen (secondary N) is 3. The van der Waals surface area contributed by atoms with Crippen LogP contribution in [0, 0.1) is 0 Å². The third kappa shape index (κ3) is 10.3. The van der Waals surface area contributed by atoms with Crippen LogP contribution >= 0.6 is 11.8 Å². The average Bonchev–Trinajstić information content (AvgIpc) is 3.22. The number of hydrogen-bond donors (Lipinski definition) is 5. The van der Waals surface area contributed by atoms with E-state index in [4.69, 9.17) is 4.74 Å². The second-order valence-corrected chi connectivity index (χ2v) is 15.9. The SMILES string of the molecule is CCCCC1(CCCC)CN(c2ccccc2)c2cc(SCC)c(OCC(=O)N[C@@H](C(=O)NC(C(=O)O)C(C)O)c3ccccc3)cc2S(=O)(=O)N1. The van der Waals surface area contributed by atoms with Crippen molar-refractivity contribution in [2.45, 2.75) is 99.7 Å². The molecule has 0 spiro atoms. The first kappa shape index (κ1) is 40.7. The summed E-state index contributed by atoms with van der Waals surface area (Å²) in [5.41, 5.74) is 1.02. The quantitative estimate of drug-likeness (QED) is 0.104. The maximum absolute atomic E-state index is 14.3. The molecule has 0 aliphatic carbocycles. The lowest BCUT2D eigenvalue weighted by Crippen LogP contribution is -2.53. The summed E-state index contributed by atoms with van der Waals surface area (Å²) in [4.78, 5) is 41.1. The summed E-state index contributed by atoms with van der Waals surface area (Å²) in [7, 11) is -4.08. The van der Waals surface area contributed by atoms with Crippen molar-refractivity contribution in [3.8, 4) is 5.75 Å². The topological polar surface area (TPSA) is 174 Å². The van der Waals surface area contributed by atoms with Crippen molar-refractivity contribution in [2.75, 3.05) is 23.8 Å². The molecule has 1 aliphatic rings. The van der Waals surface area contributed by atoms with Crippen LogP contribution in [0.3, 0.4) is 0 Å². The van der Waals surface area contributed by atoms with Gasteiger partial charge in [-0.1, -0.05) is 95.0 Å². The van der Waals surface area contributed by atoms with Crippen molar-refractivity contribution < 1.29 is 37.8 Å². The second-order valence-electron chi connectivity index (χ2n) is 13.0. The van der Waals surface area contributed by atoms with Gasteiger partial charge in [0.15, 0.2) is 12.6 Å². The molecule has 282 valence electrons. The number of fused-ring (bicyclic) bond motifs is 1. The molecule has 0 saturated carbocycles. The number of benzene rings is 3. The molecule has 52 heavy (non-hydrogen) atoms. The molecule has 3 aromatic rings. The van der Waals surface area contributed by atoms with Gasteiger partial charge in [-0.05, 0) is 49.3 Å². The summed E-state index contributed by atoms with van der Waals surface area (Å²) in [6.45, 7) is 7.24. The Morgan fingerprint density at radius 3 is 2.13 bits per heavy atom. The summed E-state index contributed by atoms with van der Waals surface area (Å²) < 4.78 is 37.8. The Kier molecular flexibility index (Phi) is 14.5. The summed E-state index contributed by atoms with van der Waals surface area (Å²) in [5, 5.41) is 24.3. The Balaban J connectivity index is 1.70. The van der Waals surface area contributed by atoms with Crippen LogP contribution in [0.4, 0.5) is 11.4 Å². The third-order valence-corrected chi connectivity index (χ3v) is 11.4. The van der Waals surface area contributed by atoms with E-state index in [-0.39, 0.29) is 10.6 Å². The Labute approximate surface area is 310 Å². The zero-order valence-corrected chi connectivity index (χ0v) is 31.8. The Morgan fingerprint density at radius 2 is 1.58 bits per heavy atom. The second kappa shape index (κ2) is 18.6. The Hall–Kier alpha value is -4.11. The first-order chi connectivity index (χ1) is 24.8. The molecule has 0 aromatic heterocycles. The number of carboxylic acids is 1. The summed E-state index contributed by atoms with van der Waals surface area (Å²) in [6, 6.07) is 18.3. The van der Waals surface area contributed by atoms with Gasteiger partial charge >= 0.3 is 5.97 Å². The monoisotopic (exact) mass is 754 g/mol. The molecule has 0 bridgehead atoms. The van der Waals surface area contributed by atoms with Gasteiger partial charge in [-0.25, -0.2) is 17.9 Å². The van der Waals surface area contributed by atoms with E-state index in [9.17, 15) is 33.0 Å². The van der Waals surface area contributed by atoms with Crippen LogP contribution < -0.4 is 25.0 Å². The highest BCUT2D eigenvalue weighted by molar-refractivity contribution is 7.99. The molecule has 3 atom stereocenters. The maximum Gasteiger partial charge on any atom is 0.328 e. The fraction of sp³-hybridized carbons (Fsp3) is 0.447. The van der Waals surface area contributed by atoms with Crippen molar-refractivity contribution in [1.29, 1.82) is 0 Å². The number of para-hydroxylation sites is 1. The van der Waals surface area contributed by atoms with Gasteiger partial charge in [-0.15, -0.1) is 11.8 Å². The number of aliphatic carboxylic acids is 1. The number of aliphatic hydroxyl groups is 1. The number of sulfonamides is 1. The molecule has 2 unspecified atom stereocenters. The Morgan fingerprint density at radius 1 is 0.962 bits per heavy atom. The molecule has 1 heterocycles. The maximum atomic E-state index is 14.3. The van der Waals surface area contributed by atoms with Gasteiger partial charge < -0.3 is 30.5 Å². The summed E-state index contributed by atoms with van der Waals surface area (Å²) in [5.74, 6) is -2.15. The Bertz CT molecular complexity index is 1770.